The van der Waals surface area contributed by atoms with Crippen molar-refractivity contribution in [2.75, 3.05) is 5.32 Å². The highest BCUT2D eigenvalue weighted by Crippen LogP contribution is 2.30. The monoisotopic (exact) mass is 420 g/mol. The van der Waals surface area contributed by atoms with Crippen molar-refractivity contribution in [3.63, 3.8) is 0 Å². The average molecular weight is 420 g/mol. The van der Waals surface area contributed by atoms with Crippen molar-refractivity contribution in [2.45, 2.75) is 13.1 Å². The molecule has 2 aromatic carbocycles. The molecule has 154 valence electrons. The molecule has 31 heavy (non-hydrogen) atoms. The van der Waals surface area contributed by atoms with E-state index in [1.165, 1.54) is 12.1 Å². The van der Waals surface area contributed by atoms with Crippen LogP contribution in [-0.2, 0) is 6.18 Å². The number of alkyl halides is 3. The lowest BCUT2D eigenvalue weighted by molar-refractivity contribution is -0.137. The van der Waals surface area contributed by atoms with Crippen LogP contribution < -0.4 is 5.32 Å². The molecule has 0 spiro atoms. The van der Waals surface area contributed by atoms with Gasteiger partial charge in [-0.1, -0.05) is 18.1 Å². The van der Waals surface area contributed by atoms with Crippen molar-refractivity contribution < 1.29 is 18.0 Å². The van der Waals surface area contributed by atoms with E-state index in [1.54, 1.807) is 48.1 Å². The van der Waals surface area contributed by atoms with Gasteiger partial charge in [0.2, 0.25) is 0 Å². The summed E-state index contributed by atoms with van der Waals surface area (Å²) in [6.45, 7) is 1.78. The third kappa shape index (κ3) is 4.26. The highest BCUT2D eigenvalue weighted by atomic mass is 19.4. The number of nitrogens with zero attached hydrogens (tertiary/aromatic N) is 3. The molecule has 0 atom stereocenters. The van der Waals surface area contributed by atoms with E-state index < -0.39 is 17.6 Å². The first-order chi connectivity index (χ1) is 14.8. The quantitative estimate of drug-likeness (QED) is 0.478. The Morgan fingerprint density at radius 2 is 1.87 bits per heavy atom. The Hall–Kier alpha value is -4.12. The first-order valence-corrected chi connectivity index (χ1v) is 9.22. The molecule has 0 aliphatic heterocycles. The van der Waals surface area contributed by atoms with E-state index in [0.29, 0.717) is 28.2 Å². The summed E-state index contributed by atoms with van der Waals surface area (Å²) in [7, 11) is 0. The Labute approximate surface area is 175 Å². The summed E-state index contributed by atoms with van der Waals surface area (Å²) in [5.41, 5.74) is 2.13. The van der Waals surface area contributed by atoms with Crippen LogP contribution in [0.25, 0.3) is 5.65 Å². The summed E-state index contributed by atoms with van der Waals surface area (Å²) in [4.78, 5) is 16.7. The van der Waals surface area contributed by atoms with Crippen LogP contribution in [0.1, 0.15) is 32.7 Å². The normalized spacial score (nSPS) is 11.1. The maximum atomic E-state index is 12.9. The minimum Gasteiger partial charge on any atom is -0.322 e. The molecule has 1 amide bonds. The molecule has 2 heterocycles. The van der Waals surface area contributed by atoms with Gasteiger partial charge < -0.3 is 5.32 Å². The van der Waals surface area contributed by atoms with E-state index >= 15 is 0 Å². The molecular formula is C23H15F3N4O. The zero-order valence-electron chi connectivity index (χ0n) is 16.2. The second-order valence-electron chi connectivity index (χ2n) is 6.70. The number of fused-ring (bicyclic) bond motifs is 1. The molecule has 1 N–H and O–H groups in total. The van der Waals surface area contributed by atoms with Gasteiger partial charge in [-0.2, -0.15) is 18.3 Å². The van der Waals surface area contributed by atoms with Crippen LogP contribution in [0.15, 0.2) is 67.0 Å². The van der Waals surface area contributed by atoms with Crippen LogP contribution in [0.2, 0.25) is 0 Å². The van der Waals surface area contributed by atoms with Gasteiger partial charge in [-0.3, -0.25) is 4.79 Å². The van der Waals surface area contributed by atoms with Gasteiger partial charge in [0, 0.05) is 23.0 Å². The number of nitrogens with one attached hydrogen (secondary N) is 1. The fourth-order valence-electron chi connectivity index (χ4n) is 2.98. The van der Waals surface area contributed by atoms with E-state index in [4.69, 9.17) is 0 Å². The Balaban J connectivity index is 1.60. The van der Waals surface area contributed by atoms with Crippen LogP contribution in [-0.4, -0.2) is 20.5 Å². The molecule has 2 aromatic heterocycles. The molecule has 0 bridgehead atoms. The Morgan fingerprint density at radius 1 is 1.06 bits per heavy atom. The van der Waals surface area contributed by atoms with Crippen molar-refractivity contribution in [1.82, 2.24) is 14.6 Å². The second kappa shape index (κ2) is 7.95. The third-order valence-electron chi connectivity index (χ3n) is 4.64. The number of amides is 1. The maximum Gasteiger partial charge on any atom is 0.416 e. The fourth-order valence-corrected chi connectivity index (χ4v) is 2.98. The van der Waals surface area contributed by atoms with Crippen LogP contribution in [0, 0.1) is 18.8 Å². The van der Waals surface area contributed by atoms with Gasteiger partial charge in [0.1, 0.15) is 5.69 Å². The molecule has 8 heteroatoms. The number of hydrogen-bond acceptors (Lipinski definition) is 3. The number of rotatable bonds is 2. The van der Waals surface area contributed by atoms with Crippen LogP contribution in [0.3, 0.4) is 0 Å². The van der Waals surface area contributed by atoms with E-state index in [0.717, 1.165) is 12.1 Å². The summed E-state index contributed by atoms with van der Waals surface area (Å²) in [5, 5.41) is 6.87. The number of imidazole rings is 1. The van der Waals surface area contributed by atoms with E-state index in [-0.39, 0.29) is 5.56 Å². The number of halogens is 3. The molecule has 4 aromatic rings. The lowest BCUT2D eigenvalue weighted by atomic mass is 10.1. The molecule has 5 nitrogen and oxygen atoms in total. The first-order valence-electron chi connectivity index (χ1n) is 9.22. The largest absolute Gasteiger partial charge is 0.416 e. The first kappa shape index (κ1) is 20.2. The number of carbonyl (C=O) groups is 1. The van der Waals surface area contributed by atoms with Crippen molar-refractivity contribution in [3.8, 4) is 11.8 Å². The Bertz CT molecular complexity index is 1350. The molecule has 0 radical (unpaired) electrons. The van der Waals surface area contributed by atoms with Gasteiger partial charge in [0.05, 0.1) is 11.8 Å². The molecule has 0 aliphatic rings. The molecule has 4 rings (SSSR count). The second-order valence-corrected chi connectivity index (χ2v) is 6.70. The number of hydrogen-bond donors (Lipinski definition) is 1. The maximum absolute atomic E-state index is 12.9. The van der Waals surface area contributed by atoms with Gasteiger partial charge in [-0.05, 0) is 60.9 Å². The van der Waals surface area contributed by atoms with Gasteiger partial charge in [0.15, 0.2) is 5.65 Å². The van der Waals surface area contributed by atoms with E-state index in [9.17, 15) is 18.0 Å². The number of benzene rings is 2. The predicted octanol–water partition coefficient (Wildman–Crippen LogP) is 4.71. The van der Waals surface area contributed by atoms with Gasteiger partial charge in [-0.15, -0.1) is 0 Å². The van der Waals surface area contributed by atoms with Crippen LogP contribution >= 0.6 is 0 Å². The smallest absolute Gasteiger partial charge is 0.322 e. The number of aromatic nitrogens is 3. The number of anilines is 1. The zero-order chi connectivity index (χ0) is 22.0. The van der Waals surface area contributed by atoms with Crippen molar-refractivity contribution in [2.24, 2.45) is 0 Å². The standard InChI is InChI=1S/C23H15F3N4O/c1-15-16(10-11-19-14-27-21-9-4-12-28-30(19)21)5-3-8-20(15)29-22(31)17-6-2-7-18(13-17)23(24,25)26/h2-9,12-14H,1H3,(H,29,31). The van der Waals surface area contributed by atoms with Gasteiger partial charge in [-0.25, -0.2) is 9.50 Å². The summed E-state index contributed by atoms with van der Waals surface area (Å²) in [6, 6.07) is 13.1. The molecule has 0 saturated heterocycles. The van der Waals surface area contributed by atoms with E-state index in [2.05, 4.69) is 27.2 Å². The Morgan fingerprint density at radius 3 is 2.68 bits per heavy atom. The Kier molecular flexibility index (Phi) is 5.17. The minimum absolute atomic E-state index is 0.0810. The van der Waals surface area contributed by atoms with Crippen molar-refractivity contribution in [1.29, 1.82) is 0 Å². The molecule has 0 fully saturated rings. The summed E-state index contributed by atoms with van der Waals surface area (Å²) < 4.78 is 40.4. The van der Waals surface area contributed by atoms with Crippen LogP contribution in [0.4, 0.5) is 18.9 Å². The van der Waals surface area contributed by atoms with Gasteiger partial charge in [0.25, 0.3) is 5.91 Å². The third-order valence-corrected chi connectivity index (χ3v) is 4.64. The predicted molar refractivity (Wildman–Crippen MR) is 110 cm³/mol. The van der Waals surface area contributed by atoms with Gasteiger partial charge >= 0.3 is 6.18 Å². The minimum atomic E-state index is -4.52. The summed E-state index contributed by atoms with van der Waals surface area (Å²) >= 11 is 0. The lowest BCUT2D eigenvalue weighted by Crippen LogP contribution is -2.14. The molecular weight excluding hydrogens is 405 g/mol. The van der Waals surface area contributed by atoms with Crippen LogP contribution in [0.5, 0.6) is 0 Å². The van der Waals surface area contributed by atoms with Crippen molar-refractivity contribution in [3.05, 3.63) is 94.9 Å². The molecule has 0 aliphatic carbocycles. The van der Waals surface area contributed by atoms with Crippen molar-refractivity contribution >= 4 is 17.2 Å². The highest BCUT2D eigenvalue weighted by Gasteiger charge is 2.30. The topological polar surface area (TPSA) is 59.3 Å². The average Bonchev–Trinajstić information content (AvgIpc) is 3.17. The van der Waals surface area contributed by atoms with E-state index in [1.807, 2.05) is 6.07 Å². The summed E-state index contributed by atoms with van der Waals surface area (Å²) in [5.74, 6) is 5.42. The summed E-state index contributed by atoms with van der Waals surface area (Å²) in [6.07, 6.45) is -1.27. The lowest BCUT2D eigenvalue weighted by Gasteiger charge is -2.11. The zero-order valence-corrected chi connectivity index (χ0v) is 16.2. The fraction of sp³-hybridized carbons (Fsp3) is 0.0870. The highest BCUT2D eigenvalue weighted by molar-refractivity contribution is 6.04. The molecule has 0 saturated carbocycles. The molecule has 0 unspecified atom stereocenters. The number of carbonyl (C=O) groups excluding carboxylic acids is 1. The SMILES string of the molecule is Cc1c(C#Cc2cnc3cccnn23)cccc1NC(=O)c1cccc(C(F)(F)F)c1.